The number of nitrogens with one attached hydrogen (secondary N) is 1. The molecular formula is C10H14FN3O2S. The SMILES string of the molecule is CCS(=O)CCNC(=O)c1cc(F)cnc1N. The number of pyridine rings is 1. The van der Waals surface area contributed by atoms with Gasteiger partial charge in [0.05, 0.1) is 11.8 Å². The summed E-state index contributed by atoms with van der Waals surface area (Å²) in [5, 5.41) is 2.51. The summed E-state index contributed by atoms with van der Waals surface area (Å²) in [7, 11) is -0.945. The summed E-state index contributed by atoms with van der Waals surface area (Å²) in [6, 6.07) is 1.02. The van der Waals surface area contributed by atoms with Crippen molar-refractivity contribution in [2.75, 3.05) is 23.8 Å². The largest absolute Gasteiger partial charge is 0.383 e. The molecule has 3 N–H and O–H groups in total. The smallest absolute Gasteiger partial charge is 0.255 e. The molecule has 7 heteroatoms. The topological polar surface area (TPSA) is 85.1 Å². The van der Waals surface area contributed by atoms with Gasteiger partial charge in [-0.25, -0.2) is 9.37 Å². The summed E-state index contributed by atoms with van der Waals surface area (Å²) >= 11 is 0. The number of hydrogen-bond acceptors (Lipinski definition) is 4. The lowest BCUT2D eigenvalue weighted by molar-refractivity contribution is 0.0956. The van der Waals surface area contributed by atoms with Gasteiger partial charge in [0.2, 0.25) is 0 Å². The Morgan fingerprint density at radius 2 is 2.35 bits per heavy atom. The highest BCUT2D eigenvalue weighted by Crippen LogP contribution is 2.09. The van der Waals surface area contributed by atoms with Gasteiger partial charge in [-0.1, -0.05) is 6.92 Å². The van der Waals surface area contributed by atoms with E-state index in [1.165, 1.54) is 0 Å². The molecule has 0 aromatic carbocycles. The second-order valence-corrected chi connectivity index (χ2v) is 5.14. The Labute approximate surface area is 101 Å². The number of rotatable bonds is 5. The van der Waals surface area contributed by atoms with Crippen LogP contribution in [0, 0.1) is 5.82 Å². The number of hydrogen-bond donors (Lipinski definition) is 2. The van der Waals surface area contributed by atoms with Gasteiger partial charge >= 0.3 is 0 Å². The van der Waals surface area contributed by atoms with Crippen LogP contribution in [0.15, 0.2) is 12.3 Å². The van der Waals surface area contributed by atoms with E-state index in [4.69, 9.17) is 5.73 Å². The maximum absolute atomic E-state index is 12.9. The van der Waals surface area contributed by atoms with Crippen LogP contribution in [0.2, 0.25) is 0 Å². The second-order valence-electron chi connectivity index (χ2n) is 3.27. The highest BCUT2D eigenvalue weighted by atomic mass is 32.2. The second kappa shape index (κ2) is 6.29. The number of nitrogen functional groups attached to an aromatic ring is 1. The Kier molecular flexibility index (Phi) is 5.02. The van der Waals surface area contributed by atoms with Gasteiger partial charge in [-0.15, -0.1) is 0 Å². The first kappa shape index (κ1) is 13.6. The fourth-order valence-corrected chi connectivity index (χ4v) is 1.77. The first-order chi connectivity index (χ1) is 8.04. The molecule has 94 valence electrons. The Morgan fingerprint density at radius 1 is 1.65 bits per heavy atom. The molecule has 17 heavy (non-hydrogen) atoms. The number of nitrogens with zero attached hydrogens (tertiary/aromatic N) is 1. The molecule has 1 amide bonds. The molecule has 0 saturated heterocycles. The fraction of sp³-hybridized carbons (Fsp3) is 0.400. The van der Waals surface area contributed by atoms with Crippen molar-refractivity contribution in [1.82, 2.24) is 10.3 Å². The number of amides is 1. The van der Waals surface area contributed by atoms with E-state index in [1.54, 1.807) is 6.92 Å². The average Bonchev–Trinajstić information content (AvgIpc) is 2.31. The van der Waals surface area contributed by atoms with Crippen LogP contribution in [0.25, 0.3) is 0 Å². The first-order valence-electron chi connectivity index (χ1n) is 5.08. The molecule has 0 radical (unpaired) electrons. The zero-order valence-electron chi connectivity index (χ0n) is 9.40. The van der Waals surface area contributed by atoms with Crippen LogP contribution in [-0.2, 0) is 10.8 Å². The van der Waals surface area contributed by atoms with Gasteiger partial charge in [-0.2, -0.15) is 0 Å². The van der Waals surface area contributed by atoms with Crippen molar-refractivity contribution in [3.05, 3.63) is 23.6 Å². The van der Waals surface area contributed by atoms with Gasteiger partial charge in [0.1, 0.15) is 11.6 Å². The van der Waals surface area contributed by atoms with Crippen molar-refractivity contribution in [3.63, 3.8) is 0 Å². The van der Waals surface area contributed by atoms with Gasteiger partial charge < -0.3 is 11.1 Å². The Balaban J connectivity index is 2.58. The molecule has 0 spiro atoms. The van der Waals surface area contributed by atoms with Crippen LogP contribution in [-0.4, -0.2) is 33.2 Å². The Morgan fingerprint density at radius 3 is 3.00 bits per heavy atom. The molecule has 0 aliphatic heterocycles. The Hall–Kier alpha value is -1.50. The first-order valence-corrected chi connectivity index (χ1v) is 6.57. The number of nitrogens with two attached hydrogens (primary N) is 1. The number of carbonyl (C=O) groups is 1. The van der Waals surface area contributed by atoms with E-state index in [2.05, 4.69) is 10.3 Å². The van der Waals surface area contributed by atoms with Gasteiger partial charge in [0.25, 0.3) is 5.91 Å². The zero-order valence-corrected chi connectivity index (χ0v) is 10.2. The number of aromatic nitrogens is 1. The van der Waals surface area contributed by atoms with E-state index in [1.807, 2.05) is 0 Å². The molecule has 0 aliphatic carbocycles. The summed E-state index contributed by atoms with van der Waals surface area (Å²) in [6.07, 6.45) is 0.943. The Bertz CT molecular complexity index is 440. The van der Waals surface area contributed by atoms with Crippen molar-refractivity contribution < 1.29 is 13.4 Å². The van der Waals surface area contributed by atoms with E-state index in [0.717, 1.165) is 12.3 Å². The zero-order chi connectivity index (χ0) is 12.8. The van der Waals surface area contributed by atoms with Crippen LogP contribution < -0.4 is 11.1 Å². The van der Waals surface area contributed by atoms with Crippen molar-refractivity contribution in [2.45, 2.75) is 6.92 Å². The van der Waals surface area contributed by atoms with Gasteiger partial charge in [0, 0.05) is 28.9 Å². The minimum Gasteiger partial charge on any atom is -0.383 e. The maximum atomic E-state index is 12.9. The summed E-state index contributed by atoms with van der Waals surface area (Å²) < 4.78 is 24.0. The third kappa shape index (κ3) is 4.10. The molecule has 0 bridgehead atoms. The summed E-state index contributed by atoms with van der Waals surface area (Å²) in [6.45, 7) is 2.06. The molecule has 0 fully saturated rings. The van der Waals surface area contributed by atoms with Crippen molar-refractivity contribution in [3.8, 4) is 0 Å². The number of anilines is 1. The average molecular weight is 259 g/mol. The molecule has 1 aromatic heterocycles. The van der Waals surface area contributed by atoms with Crippen molar-refractivity contribution in [1.29, 1.82) is 0 Å². The maximum Gasteiger partial charge on any atom is 0.255 e. The lowest BCUT2D eigenvalue weighted by atomic mass is 10.2. The molecule has 1 aromatic rings. The van der Waals surface area contributed by atoms with E-state index < -0.39 is 22.5 Å². The minimum atomic E-state index is -0.945. The number of halogens is 1. The van der Waals surface area contributed by atoms with Gasteiger partial charge in [-0.3, -0.25) is 9.00 Å². The predicted molar refractivity (Wildman–Crippen MR) is 64.5 cm³/mol. The number of carbonyl (C=O) groups excluding carboxylic acids is 1. The molecule has 1 rings (SSSR count). The van der Waals surface area contributed by atoms with Gasteiger partial charge in [0.15, 0.2) is 0 Å². The van der Waals surface area contributed by atoms with Crippen LogP contribution in [0.1, 0.15) is 17.3 Å². The summed E-state index contributed by atoms with van der Waals surface area (Å²) in [5.41, 5.74) is 5.44. The predicted octanol–water partition coefficient (Wildman–Crippen LogP) is 0.301. The van der Waals surface area contributed by atoms with E-state index in [-0.39, 0.29) is 17.9 Å². The van der Waals surface area contributed by atoms with Gasteiger partial charge in [-0.05, 0) is 6.07 Å². The molecule has 0 aliphatic rings. The summed E-state index contributed by atoms with van der Waals surface area (Å²) in [4.78, 5) is 15.1. The third-order valence-electron chi connectivity index (χ3n) is 2.07. The lowest BCUT2D eigenvalue weighted by Crippen LogP contribution is -2.29. The van der Waals surface area contributed by atoms with Crippen molar-refractivity contribution >= 4 is 22.5 Å². The fourth-order valence-electron chi connectivity index (χ4n) is 1.15. The molecule has 1 unspecified atom stereocenters. The molecule has 1 atom stereocenters. The summed E-state index contributed by atoms with van der Waals surface area (Å²) in [5.74, 6) is -0.255. The molecule has 5 nitrogen and oxygen atoms in total. The van der Waals surface area contributed by atoms with Crippen LogP contribution in [0.3, 0.4) is 0 Å². The van der Waals surface area contributed by atoms with Crippen molar-refractivity contribution in [2.24, 2.45) is 0 Å². The minimum absolute atomic E-state index is 0.00715. The highest BCUT2D eigenvalue weighted by Gasteiger charge is 2.11. The van der Waals surface area contributed by atoms with E-state index in [0.29, 0.717) is 11.5 Å². The third-order valence-corrected chi connectivity index (χ3v) is 3.37. The van der Waals surface area contributed by atoms with E-state index >= 15 is 0 Å². The monoisotopic (exact) mass is 259 g/mol. The van der Waals surface area contributed by atoms with E-state index in [9.17, 15) is 13.4 Å². The molecule has 1 heterocycles. The lowest BCUT2D eigenvalue weighted by Gasteiger charge is -2.06. The van der Waals surface area contributed by atoms with Crippen LogP contribution >= 0.6 is 0 Å². The standard InChI is InChI=1S/C10H14FN3O2S/c1-2-17(16)4-3-13-10(15)8-5-7(11)6-14-9(8)12/h5-6H,2-4H2,1H3,(H2,12,14)(H,13,15). The molecular weight excluding hydrogens is 245 g/mol. The highest BCUT2D eigenvalue weighted by molar-refractivity contribution is 7.84. The molecule has 0 saturated carbocycles. The quantitative estimate of drug-likeness (QED) is 0.796. The van der Waals surface area contributed by atoms with Crippen LogP contribution in [0.5, 0.6) is 0 Å². The normalized spacial score (nSPS) is 12.1. The van der Waals surface area contributed by atoms with Crippen LogP contribution in [0.4, 0.5) is 10.2 Å².